The van der Waals surface area contributed by atoms with E-state index in [0.717, 1.165) is 11.1 Å². The Morgan fingerprint density at radius 1 is 1.12 bits per heavy atom. The molecule has 0 saturated carbocycles. The van der Waals surface area contributed by atoms with Gasteiger partial charge in [-0.25, -0.2) is 4.79 Å². The smallest absolute Gasteiger partial charge is 0.331 e. The molecule has 0 unspecified atom stereocenters. The number of carbonyl (C=O) groups excluding carboxylic acids is 1. The molecule has 0 heterocycles. The summed E-state index contributed by atoms with van der Waals surface area (Å²) in [7, 11) is 0. The van der Waals surface area contributed by atoms with Crippen molar-refractivity contribution in [3.63, 3.8) is 0 Å². The molecule has 0 aromatic heterocycles. The molecule has 0 aliphatic heterocycles. The lowest BCUT2D eigenvalue weighted by Crippen LogP contribution is -1.99. The molecule has 2 aromatic carbocycles. The number of rotatable bonds is 8. The van der Waals surface area contributed by atoms with Crippen LogP contribution in [0, 0.1) is 10.1 Å². The van der Waals surface area contributed by atoms with Gasteiger partial charge >= 0.3 is 5.97 Å². The minimum Gasteiger partial charge on any atom is -0.489 e. The maximum Gasteiger partial charge on any atom is 0.331 e. The zero-order chi connectivity index (χ0) is 18.1. The Kier molecular flexibility index (Phi) is 6.47. The standard InChI is InChI=1S/C19H17NO5/c1-2-13-24-19(21)12-7-15-5-10-18(11-6-15)25-14-16-3-8-17(9-4-16)20(22)23/h2-12H,1,13-14H2/b12-7+. The Balaban J connectivity index is 1.87. The molecule has 2 rings (SSSR count). The average molecular weight is 339 g/mol. The summed E-state index contributed by atoms with van der Waals surface area (Å²) in [6.07, 6.45) is 4.49. The molecular formula is C19H17NO5. The summed E-state index contributed by atoms with van der Waals surface area (Å²) in [5, 5.41) is 10.6. The molecule has 0 aliphatic rings. The Labute approximate surface area is 145 Å². The lowest BCUT2D eigenvalue weighted by Gasteiger charge is -2.06. The van der Waals surface area contributed by atoms with Crippen molar-refractivity contribution in [1.82, 2.24) is 0 Å². The van der Waals surface area contributed by atoms with Crippen molar-refractivity contribution in [2.45, 2.75) is 6.61 Å². The highest BCUT2D eigenvalue weighted by Gasteiger charge is 2.04. The number of carbonyl (C=O) groups is 1. The fourth-order valence-electron chi connectivity index (χ4n) is 1.91. The van der Waals surface area contributed by atoms with Gasteiger partial charge in [0.1, 0.15) is 19.0 Å². The highest BCUT2D eigenvalue weighted by atomic mass is 16.6. The van der Waals surface area contributed by atoms with E-state index in [1.165, 1.54) is 24.3 Å². The van der Waals surface area contributed by atoms with Crippen LogP contribution >= 0.6 is 0 Å². The molecule has 0 radical (unpaired) electrons. The van der Waals surface area contributed by atoms with Crippen LogP contribution in [0.2, 0.25) is 0 Å². The van der Waals surface area contributed by atoms with E-state index in [0.29, 0.717) is 12.4 Å². The zero-order valence-electron chi connectivity index (χ0n) is 13.5. The molecule has 6 nitrogen and oxygen atoms in total. The largest absolute Gasteiger partial charge is 0.489 e. The van der Waals surface area contributed by atoms with E-state index >= 15 is 0 Å². The lowest BCUT2D eigenvalue weighted by molar-refractivity contribution is -0.384. The molecule has 25 heavy (non-hydrogen) atoms. The summed E-state index contributed by atoms with van der Waals surface area (Å²) in [5.74, 6) is 0.225. The first-order valence-electron chi connectivity index (χ1n) is 7.50. The van der Waals surface area contributed by atoms with Gasteiger partial charge in [-0.2, -0.15) is 0 Å². The van der Waals surface area contributed by atoms with Gasteiger partial charge in [0.2, 0.25) is 0 Å². The van der Waals surface area contributed by atoms with E-state index in [-0.39, 0.29) is 12.3 Å². The summed E-state index contributed by atoms with van der Waals surface area (Å²) >= 11 is 0. The number of esters is 1. The number of nitrogens with zero attached hydrogens (tertiary/aromatic N) is 1. The van der Waals surface area contributed by atoms with Gasteiger partial charge < -0.3 is 9.47 Å². The number of hydrogen-bond donors (Lipinski definition) is 0. The first-order valence-corrected chi connectivity index (χ1v) is 7.50. The van der Waals surface area contributed by atoms with E-state index in [4.69, 9.17) is 9.47 Å². The zero-order valence-corrected chi connectivity index (χ0v) is 13.5. The van der Waals surface area contributed by atoms with Gasteiger partial charge in [-0.3, -0.25) is 10.1 Å². The third-order valence-electron chi connectivity index (χ3n) is 3.19. The van der Waals surface area contributed by atoms with Crippen LogP contribution in [0.3, 0.4) is 0 Å². The van der Waals surface area contributed by atoms with E-state index in [9.17, 15) is 14.9 Å². The van der Waals surface area contributed by atoms with E-state index in [1.807, 2.05) is 12.1 Å². The number of hydrogen-bond acceptors (Lipinski definition) is 5. The molecule has 0 atom stereocenters. The number of nitro groups is 1. The predicted octanol–water partition coefficient (Wildman–Crippen LogP) is 3.92. The van der Waals surface area contributed by atoms with Gasteiger partial charge in [-0.1, -0.05) is 24.8 Å². The van der Waals surface area contributed by atoms with Crippen LogP contribution in [0.15, 0.2) is 67.3 Å². The maximum absolute atomic E-state index is 11.3. The van der Waals surface area contributed by atoms with Crippen molar-refractivity contribution in [1.29, 1.82) is 0 Å². The van der Waals surface area contributed by atoms with Crippen molar-refractivity contribution in [3.05, 3.63) is 88.5 Å². The Hall–Kier alpha value is -3.41. The van der Waals surface area contributed by atoms with Crippen molar-refractivity contribution in [2.24, 2.45) is 0 Å². The second kappa shape index (κ2) is 9.02. The molecule has 0 aliphatic carbocycles. The molecule has 0 spiro atoms. The van der Waals surface area contributed by atoms with Gasteiger partial charge in [-0.05, 0) is 41.5 Å². The van der Waals surface area contributed by atoms with Gasteiger partial charge in [-0.15, -0.1) is 0 Å². The van der Waals surface area contributed by atoms with Crippen LogP contribution in [0.5, 0.6) is 5.75 Å². The van der Waals surface area contributed by atoms with Crippen LogP contribution < -0.4 is 4.74 Å². The molecule has 0 amide bonds. The normalized spacial score (nSPS) is 10.4. The highest BCUT2D eigenvalue weighted by molar-refractivity contribution is 5.87. The van der Waals surface area contributed by atoms with E-state index in [2.05, 4.69) is 6.58 Å². The fraction of sp³-hybridized carbons (Fsp3) is 0.105. The monoisotopic (exact) mass is 339 g/mol. The second-order valence-corrected chi connectivity index (χ2v) is 5.03. The van der Waals surface area contributed by atoms with Crippen LogP contribution in [0.25, 0.3) is 6.08 Å². The van der Waals surface area contributed by atoms with E-state index < -0.39 is 10.9 Å². The highest BCUT2D eigenvalue weighted by Crippen LogP contribution is 2.17. The Morgan fingerprint density at radius 2 is 1.80 bits per heavy atom. The number of benzene rings is 2. The molecule has 128 valence electrons. The van der Waals surface area contributed by atoms with Crippen molar-refractivity contribution >= 4 is 17.7 Å². The van der Waals surface area contributed by atoms with Crippen LogP contribution in [-0.4, -0.2) is 17.5 Å². The Morgan fingerprint density at radius 3 is 2.40 bits per heavy atom. The van der Waals surface area contributed by atoms with Gasteiger partial charge in [0.05, 0.1) is 4.92 Å². The summed E-state index contributed by atoms with van der Waals surface area (Å²) in [5.41, 5.74) is 1.71. The van der Waals surface area contributed by atoms with Gasteiger partial charge in [0, 0.05) is 18.2 Å². The van der Waals surface area contributed by atoms with Crippen LogP contribution in [0.4, 0.5) is 5.69 Å². The molecule has 6 heteroatoms. The molecule has 0 saturated heterocycles. The first kappa shape index (κ1) is 17.9. The number of non-ortho nitro benzene ring substituents is 1. The summed E-state index contributed by atoms with van der Waals surface area (Å²) in [6, 6.07) is 13.4. The first-order chi connectivity index (χ1) is 12.1. The number of ether oxygens (including phenoxy) is 2. The van der Waals surface area contributed by atoms with Crippen molar-refractivity contribution in [2.75, 3.05) is 6.61 Å². The quantitative estimate of drug-likeness (QED) is 0.239. The maximum atomic E-state index is 11.3. The third kappa shape index (κ3) is 5.95. The predicted molar refractivity (Wildman–Crippen MR) is 94.1 cm³/mol. The topological polar surface area (TPSA) is 78.7 Å². The van der Waals surface area contributed by atoms with E-state index in [1.54, 1.807) is 30.3 Å². The Bertz CT molecular complexity index is 763. The molecule has 2 aromatic rings. The second-order valence-electron chi connectivity index (χ2n) is 5.03. The molecule has 0 bridgehead atoms. The van der Waals surface area contributed by atoms with Gasteiger partial charge in [0.15, 0.2) is 0 Å². The third-order valence-corrected chi connectivity index (χ3v) is 3.19. The molecular weight excluding hydrogens is 322 g/mol. The fourth-order valence-corrected chi connectivity index (χ4v) is 1.91. The van der Waals surface area contributed by atoms with Gasteiger partial charge in [0.25, 0.3) is 5.69 Å². The molecule has 0 fully saturated rings. The summed E-state index contributed by atoms with van der Waals surface area (Å²) < 4.78 is 10.5. The minimum absolute atomic E-state index is 0.0477. The minimum atomic E-state index is -0.440. The average Bonchev–Trinajstić information content (AvgIpc) is 2.64. The van der Waals surface area contributed by atoms with Crippen LogP contribution in [0.1, 0.15) is 11.1 Å². The number of nitro benzene ring substituents is 1. The van der Waals surface area contributed by atoms with Crippen LogP contribution in [-0.2, 0) is 16.1 Å². The van der Waals surface area contributed by atoms with Crippen molar-refractivity contribution in [3.8, 4) is 5.75 Å². The summed E-state index contributed by atoms with van der Waals surface area (Å²) in [6.45, 7) is 3.95. The van der Waals surface area contributed by atoms with Crippen molar-refractivity contribution < 1.29 is 19.2 Å². The lowest BCUT2D eigenvalue weighted by atomic mass is 10.2. The molecule has 0 N–H and O–H groups in total. The summed E-state index contributed by atoms with van der Waals surface area (Å²) in [4.78, 5) is 21.5. The SMILES string of the molecule is C=CCOC(=O)/C=C/c1ccc(OCc2ccc([N+](=O)[O-])cc2)cc1.